The molecule has 0 fully saturated rings. The Labute approximate surface area is 193 Å². The monoisotopic (exact) mass is 438 g/mol. The van der Waals surface area contributed by atoms with Crippen LogP contribution in [-0.4, -0.2) is 9.13 Å². The van der Waals surface area contributed by atoms with Crippen LogP contribution in [0, 0.1) is 0 Å². The van der Waals surface area contributed by atoms with E-state index in [1.54, 1.807) is 0 Å². The number of anilines is 2. The molecule has 6 heteroatoms. The molecule has 0 spiro atoms. The van der Waals surface area contributed by atoms with Gasteiger partial charge in [0, 0.05) is 0 Å². The van der Waals surface area contributed by atoms with Gasteiger partial charge in [0.25, 0.3) is 11.6 Å². The first-order valence-electron chi connectivity index (χ1n) is 12.3. The summed E-state index contributed by atoms with van der Waals surface area (Å²) in [7, 11) is 4.16. The smallest absolute Gasteiger partial charge is 0.290 e. The van der Waals surface area contributed by atoms with E-state index in [1.165, 1.54) is 49.7 Å². The Balaban J connectivity index is 1.94. The van der Waals surface area contributed by atoms with E-state index >= 15 is 0 Å². The van der Waals surface area contributed by atoms with E-state index in [1.807, 2.05) is 12.4 Å². The van der Waals surface area contributed by atoms with Crippen molar-refractivity contribution in [3.8, 4) is 22.8 Å². The van der Waals surface area contributed by atoms with Gasteiger partial charge in [-0.15, -0.1) is 0 Å². The predicted octanol–water partition coefficient (Wildman–Crippen LogP) is 4.60. The van der Waals surface area contributed by atoms with Crippen LogP contribution in [0.25, 0.3) is 22.8 Å². The van der Waals surface area contributed by atoms with Crippen LogP contribution in [0.2, 0.25) is 0 Å². The summed E-state index contributed by atoms with van der Waals surface area (Å²) >= 11 is 0. The highest BCUT2D eigenvalue weighted by molar-refractivity contribution is 5.66. The lowest BCUT2D eigenvalue weighted by Gasteiger charge is -2.07. The van der Waals surface area contributed by atoms with Crippen LogP contribution >= 0.6 is 0 Å². The zero-order valence-electron chi connectivity index (χ0n) is 20.5. The van der Waals surface area contributed by atoms with E-state index in [0.717, 1.165) is 49.2 Å². The zero-order chi connectivity index (χ0) is 23.1. The van der Waals surface area contributed by atoms with Crippen LogP contribution in [-0.2, 0) is 27.2 Å². The molecule has 3 rings (SSSR count). The fourth-order valence-corrected chi connectivity index (χ4v) is 4.66. The first-order valence-corrected chi connectivity index (χ1v) is 12.3. The minimum Gasteiger partial charge on any atom is -0.363 e. The molecule has 0 atom stereocenters. The summed E-state index contributed by atoms with van der Waals surface area (Å²) < 4.78 is 8.80. The third-order valence-corrected chi connectivity index (χ3v) is 6.30. The summed E-state index contributed by atoms with van der Waals surface area (Å²) in [5.74, 6) is 3.94. The molecule has 2 heterocycles. The van der Waals surface area contributed by atoms with Crippen LogP contribution in [0.4, 0.5) is 11.6 Å². The highest BCUT2D eigenvalue weighted by Crippen LogP contribution is 2.27. The van der Waals surface area contributed by atoms with Crippen LogP contribution in [0.1, 0.15) is 65.2 Å². The fourth-order valence-electron chi connectivity index (χ4n) is 4.66. The quantitative estimate of drug-likeness (QED) is 0.320. The Morgan fingerprint density at radius 2 is 1.12 bits per heavy atom. The van der Waals surface area contributed by atoms with Crippen molar-refractivity contribution in [3.63, 3.8) is 0 Å². The average molecular weight is 439 g/mol. The third-order valence-electron chi connectivity index (χ3n) is 6.30. The van der Waals surface area contributed by atoms with Crippen molar-refractivity contribution in [2.24, 2.45) is 14.1 Å². The highest BCUT2D eigenvalue weighted by atomic mass is 15.2. The standard InChI is InChI=1S/C26H42N6/c1-5-7-9-11-16-31-23(27)19-29(3)25(31)21-14-13-15-22(18-21)26-30(4)20-24(28)32(26)17-12-10-8-6-2/h13-15,18-20H,5-12,16-17,27-28H2,1-4H3/q+2. The molecule has 0 aliphatic rings. The number of nitrogens with zero attached hydrogens (tertiary/aromatic N) is 4. The van der Waals surface area contributed by atoms with E-state index < -0.39 is 0 Å². The summed E-state index contributed by atoms with van der Waals surface area (Å²) in [5.41, 5.74) is 15.1. The molecular formula is C26H42N6+2. The number of hydrogen-bond donors (Lipinski definition) is 2. The second-order valence-corrected chi connectivity index (χ2v) is 8.98. The van der Waals surface area contributed by atoms with Gasteiger partial charge in [-0.3, -0.25) is 0 Å². The lowest BCUT2D eigenvalue weighted by molar-refractivity contribution is -0.659. The minimum absolute atomic E-state index is 0.818. The molecule has 1 aromatic carbocycles. The summed E-state index contributed by atoms with van der Waals surface area (Å²) in [4.78, 5) is 0. The summed E-state index contributed by atoms with van der Waals surface area (Å²) in [5, 5.41) is 0. The fraction of sp³-hybridized carbons (Fsp3) is 0.538. The van der Waals surface area contributed by atoms with Crippen molar-refractivity contribution >= 4 is 11.6 Å². The SMILES string of the molecule is CCCCCCn1c(N)c[n+](C)c1-c1cccc(-c2n(CCCCCC)c(N)c[n+]2C)c1. The van der Waals surface area contributed by atoms with Gasteiger partial charge in [-0.05, 0) is 43.9 Å². The van der Waals surface area contributed by atoms with E-state index in [9.17, 15) is 0 Å². The van der Waals surface area contributed by atoms with Crippen LogP contribution in [0.15, 0.2) is 36.7 Å². The number of benzene rings is 1. The Hall–Kier alpha value is -2.76. The number of imidazole rings is 2. The molecule has 0 radical (unpaired) electrons. The number of rotatable bonds is 12. The molecule has 3 aromatic rings. The molecule has 6 nitrogen and oxygen atoms in total. The molecule has 4 N–H and O–H groups in total. The average Bonchev–Trinajstić information content (AvgIpc) is 3.22. The van der Waals surface area contributed by atoms with E-state index in [2.05, 4.69) is 70.5 Å². The van der Waals surface area contributed by atoms with Crippen molar-refractivity contribution in [3.05, 3.63) is 36.7 Å². The molecule has 0 aliphatic heterocycles. The number of hydrogen-bond acceptors (Lipinski definition) is 2. The summed E-state index contributed by atoms with van der Waals surface area (Å²) in [6.07, 6.45) is 13.8. The van der Waals surface area contributed by atoms with Crippen LogP contribution < -0.4 is 20.6 Å². The van der Waals surface area contributed by atoms with Gasteiger partial charge in [0.2, 0.25) is 11.6 Å². The van der Waals surface area contributed by atoms with Gasteiger partial charge in [0.05, 0.1) is 38.3 Å². The lowest BCUT2D eigenvalue weighted by Crippen LogP contribution is -2.30. The van der Waals surface area contributed by atoms with Crippen LogP contribution in [0.5, 0.6) is 0 Å². The Bertz CT molecular complexity index is 936. The van der Waals surface area contributed by atoms with Crippen molar-refractivity contribution in [1.29, 1.82) is 0 Å². The molecule has 0 bridgehead atoms. The molecular weight excluding hydrogens is 396 g/mol. The van der Waals surface area contributed by atoms with Gasteiger partial charge in [-0.25, -0.2) is 18.3 Å². The lowest BCUT2D eigenvalue weighted by atomic mass is 10.1. The molecule has 0 saturated carbocycles. The van der Waals surface area contributed by atoms with E-state index in [-0.39, 0.29) is 0 Å². The highest BCUT2D eigenvalue weighted by Gasteiger charge is 2.25. The van der Waals surface area contributed by atoms with Crippen molar-refractivity contribution < 1.29 is 9.13 Å². The van der Waals surface area contributed by atoms with Gasteiger partial charge < -0.3 is 11.5 Å². The second-order valence-electron chi connectivity index (χ2n) is 8.98. The maximum atomic E-state index is 6.39. The predicted molar refractivity (Wildman–Crippen MR) is 133 cm³/mol. The van der Waals surface area contributed by atoms with Gasteiger partial charge in [0.15, 0.2) is 12.4 Å². The molecule has 0 unspecified atom stereocenters. The van der Waals surface area contributed by atoms with Crippen molar-refractivity contribution in [2.45, 2.75) is 78.3 Å². The maximum absolute atomic E-state index is 6.39. The number of unbranched alkanes of at least 4 members (excludes halogenated alkanes) is 6. The zero-order valence-corrected chi connectivity index (χ0v) is 20.5. The second kappa shape index (κ2) is 11.2. The molecule has 0 amide bonds. The molecule has 0 saturated heterocycles. The number of aromatic nitrogens is 4. The van der Waals surface area contributed by atoms with Gasteiger partial charge >= 0.3 is 0 Å². The Morgan fingerprint density at radius 3 is 1.53 bits per heavy atom. The Morgan fingerprint density at radius 1 is 0.688 bits per heavy atom. The third kappa shape index (κ3) is 5.34. The Kier molecular flexibility index (Phi) is 8.37. The van der Waals surface area contributed by atoms with Crippen molar-refractivity contribution in [1.82, 2.24) is 9.13 Å². The number of nitrogen functional groups attached to an aromatic ring is 2. The normalized spacial score (nSPS) is 11.4. The first-order chi connectivity index (χ1) is 15.5. The van der Waals surface area contributed by atoms with Crippen LogP contribution in [0.3, 0.4) is 0 Å². The largest absolute Gasteiger partial charge is 0.363 e. The number of nitrogens with two attached hydrogens (primary N) is 2. The molecule has 174 valence electrons. The summed E-state index contributed by atoms with van der Waals surface area (Å²) in [6.45, 7) is 6.38. The maximum Gasteiger partial charge on any atom is 0.290 e. The molecule has 2 aromatic heterocycles. The van der Waals surface area contributed by atoms with Gasteiger partial charge in [-0.2, -0.15) is 0 Å². The van der Waals surface area contributed by atoms with Gasteiger partial charge in [0.1, 0.15) is 0 Å². The molecule has 32 heavy (non-hydrogen) atoms. The van der Waals surface area contributed by atoms with Crippen molar-refractivity contribution in [2.75, 3.05) is 11.5 Å². The van der Waals surface area contributed by atoms with E-state index in [0.29, 0.717) is 0 Å². The number of aryl methyl sites for hydroxylation is 2. The van der Waals surface area contributed by atoms with Gasteiger partial charge in [-0.1, -0.05) is 45.6 Å². The topological polar surface area (TPSA) is 69.7 Å². The molecule has 0 aliphatic carbocycles. The minimum atomic E-state index is 0.818. The van der Waals surface area contributed by atoms with E-state index in [4.69, 9.17) is 11.5 Å². The summed E-state index contributed by atoms with van der Waals surface area (Å²) in [6, 6.07) is 8.77. The first kappa shape index (κ1) is 23.9.